The van der Waals surface area contributed by atoms with Crippen molar-refractivity contribution >= 4 is 105 Å². The maximum atomic E-state index is 2.68. The molecule has 5 heteroatoms. The van der Waals surface area contributed by atoms with Gasteiger partial charge in [-0.3, -0.25) is 0 Å². The molecule has 0 aliphatic carbocycles. The molecule has 0 saturated heterocycles. The number of anilines is 6. The average Bonchev–Trinajstić information content (AvgIpc) is 3.15. The van der Waals surface area contributed by atoms with Gasteiger partial charge in [0.05, 0.1) is 16.1 Å². The zero-order valence-electron chi connectivity index (χ0n) is 37.0. The first-order valence-electron chi connectivity index (χ1n) is 21.3. The molecule has 0 atom stereocenters. The highest BCUT2D eigenvalue weighted by Crippen LogP contribution is 2.46. The average molecular weight is 791 g/mol. The fourth-order valence-electron chi connectivity index (χ4n) is 10.1. The van der Waals surface area contributed by atoms with Gasteiger partial charge >= 0.3 is 0 Å². The summed E-state index contributed by atoms with van der Waals surface area (Å²) in [6, 6.07) is 47.5. The summed E-state index contributed by atoms with van der Waals surface area (Å²) < 4.78 is 0. The van der Waals surface area contributed by atoms with Crippen LogP contribution in [-0.2, 0) is 10.8 Å². The van der Waals surface area contributed by atoms with E-state index in [1.807, 2.05) is 0 Å². The van der Waals surface area contributed by atoms with Gasteiger partial charge in [-0.1, -0.05) is 166 Å². The van der Waals surface area contributed by atoms with Crippen LogP contribution in [0.1, 0.15) is 58.2 Å². The molecule has 7 aromatic rings. The zero-order chi connectivity index (χ0) is 41.3. The molecule has 2 nitrogen and oxygen atoms in total. The molecule has 2 aliphatic rings. The van der Waals surface area contributed by atoms with Crippen molar-refractivity contribution in [3.8, 4) is 0 Å². The molecule has 0 N–H and O–H groups in total. The third kappa shape index (κ3) is 6.11. The summed E-state index contributed by atoms with van der Waals surface area (Å²) in [7, 11) is -3.80. The second-order valence-electron chi connectivity index (χ2n) is 21.2. The first kappa shape index (κ1) is 38.7. The molecule has 58 heavy (non-hydrogen) atoms. The highest BCUT2D eigenvalue weighted by atomic mass is 28.3. The Hall–Kier alpha value is -4.84. The molecule has 0 amide bonds. The van der Waals surface area contributed by atoms with Gasteiger partial charge in [0, 0.05) is 34.1 Å². The van der Waals surface area contributed by atoms with Crippen LogP contribution in [0.5, 0.6) is 0 Å². The minimum absolute atomic E-state index is 0.00318. The summed E-state index contributed by atoms with van der Waals surface area (Å²) in [5.74, 6) is 0. The van der Waals surface area contributed by atoms with Crippen LogP contribution in [0, 0.1) is 6.92 Å². The van der Waals surface area contributed by atoms with E-state index in [-0.39, 0.29) is 17.5 Å². The van der Waals surface area contributed by atoms with Crippen molar-refractivity contribution in [3.05, 3.63) is 138 Å². The number of rotatable bonds is 4. The summed E-state index contributed by atoms with van der Waals surface area (Å²) >= 11 is 0. The Morgan fingerprint density at radius 3 is 1.19 bits per heavy atom. The van der Waals surface area contributed by atoms with Gasteiger partial charge in [0.1, 0.15) is 0 Å². The van der Waals surface area contributed by atoms with Crippen molar-refractivity contribution in [1.29, 1.82) is 0 Å². The number of benzene rings is 7. The number of nitrogens with zero attached hydrogens (tertiary/aromatic N) is 2. The van der Waals surface area contributed by atoms with Crippen molar-refractivity contribution in [2.45, 2.75) is 98.6 Å². The van der Waals surface area contributed by atoms with E-state index >= 15 is 0 Å². The summed E-state index contributed by atoms with van der Waals surface area (Å²) in [5.41, 5.74) is 16.1. The van der Waals surface area contributed by atoms with Crippen LogP contribution in [0.25, 0.3) is 21.5 Å². The monoisotopic (exact) mass is 790 g/mol. The Bertz CT molecular complexity index is 2620. The van der Waals surface area contributed by atoms with Gasteiger partial charge < -0.3 is 9.80 Å². The van der Waals surface area contributed by atoms with Crippen molar-refractivity contribution in [1.82, 2.24) is 0 Å². The molecule has 7 aromatic carbocycles. The van der Waals surface area contributed by atoms with Crippen LogP contribution < -0.4 is 36.6 Å². The second kappa shape index (κ2) is 13.1. The molecule has 9 rings (SSSR count). The molecule has 0 spiro atoms. The molecular weight excluding hydrogens is 732 g/mol. The molecule has 0 saturated carbocycles. The molecule has 292 valence electrons. The van der Waals surface area contributed by atoms with Gasteiger partial charge in [-0.05, 0) is 119 Å². The van der Waals surface area contributed by atoms with E-state index in [1.54, 1.807) is 0 Å². The van der Waals surface area contributed by atoms with Crippen molar-refractivity contribution in [2.75, 3.05) is 9.80 Å². The predicted octanol–water partition coefficient (Wildman–Crippen LogP) is 12.1. The summed E-state index contributed by atoms with van der Waals surface area (Å²) in [4.78, 5) is 5.36. The van der Waals surface area contributed by atoms with Crippen LogP contribution in [0.4, 0.5) is 34.1 Å². The molecular formula is C53H59BN2Si2. The van der Waals surface area contributed by atoms with Gasteiger partial charge in [0.25, 0.3) is 6.71 Å². The van der Waals surface area contributed by atoms with Crippen molar-refractivity contribution in [2.24, 2.45) is 0 Å². The van der Waals surface area contributed by atoms with Gasteiger partial charge in [-0.2, -0.15) is 0 Å². The van der Waals surface area contributed by atoms with Crippen molar-refractivity contribution < 1.29 is 0 Å². The molecule has 0 unspecified atom stereocenters. The fraction of sp³-hybridized carbons (Fsp3) is 0.283. The van der Waals surface area contributed by atoms with E-state index in [0.717, 1.165) is 0 Å². The third-order valence-corrected chi connectivity index (χ3v) is 16.8. The highest BCUT2D eigenvalue weighted by molar-refractivity contribution is 7.00. The second-order valence-corrected chi connectivity index (χ2v) is 31.2. The number of hydrogen-bond acceptors (Lipinski definition) is 2. The molecule has 0 fully saturated rings. The van der Waals surface area contributed by atoms with Gasteiger partial charge in [0.2, 0.25) is 0 Å². The number of hydrogen-bond donors (Lipinski definition) is 0. The first-order chi connectivity index (χ1) is 27.2. The summed E-state index contributed by atoms with van der Waals surface area (Å²) in [6.45, 7) is 31.6. The highest BCUT2D eigenvalue weighted by Gasteiger charge is 2.46. The topological polar surface area (TPSA) is 6.48 Å². The molecule has 0 radical (unpaired) electrons. The maximum absolute atomic E-state index is 2.68. The quantitative estimate of drug-likeness (QED) is 0.164. The van der Waals surface area contributed by atoms with Gasteiger partial charge in [-0.15, -0.1) is 0 Å². The van der Waals surface area contributed by atoms with Crippen LogP contribution in [0.15, 0.2) is 121 Å². The summed E-state index contributed by atoms with van der Waals surface area (Å²) in [6.07, 6.45) is 0. The maximum Gasteiger partial charge on any atom is 0.252 e. The Balaban J connectivity index is 1.46. The standard InChI is InChI=1S/C53H59BN2Si2/c1-34-30-47-49-48(31-34)56(46-27-23-36-19-15-17-21-40(36)51(46)58(11,12)13)44-29-25-38(53(5,6)7)33-42(44)54(49)41-32-37(52(2,3)4)24-28-43(41)55(47)45-26-22-35-18-14-16-20-39(35)50(45)57(8,9)10/h14-33H,1-13H3. The minimum Gasteiger partial charge on any atom is -0.312 e. The van der Waals surface area contributed by atoms with E-state index in [9.17, 15) is 0 Å². The molecule has 2 aliphatic heterocycles. The smallest absolute Gasteiger partial charge is 0.252 e. The number of fused-ring (bicyclic) bond motifs is 6. The Morgan fingerprint density at radius 1 is 0.431 bits per heavy atom. The first-order valence-corrected chi connectivity index (χ1v) is 28.3. The lowest BCUT2D eigenvalue weighted by Gasteiger charge is -2.46. The van der Waals surface area contributed by atoms with E-state index < -0.39 is 16.1 Å². The van der Waals surface area contributed by atoms with E-state index in [0.29, 0.717) is 0 Å². The Kier molecular flexibility index (Phi) is 8.72. The lowest BCUT2D eigenvalue weighted by atomic mass is 9.33. The predicted molar refractivity (Wildman–Crippen MR) is 264 cm³/mol. The van der Waals surface area contributed by atoms with E-state index in [4.69, 9.17) is 0 Å². The Labute approximate surface area is 350 Å². The van der Waals surface area contributed by atoms with Crippen LogP contribution in [0.2, 0.25) is 39.3 Å². The lowest BCUT2D eigenvalue weighted by Crippen LogP contribution is -2.62. The van der Waals surface area contributed by atoms with Crippen LogP contribution >= 0.6 is 0 Å². The minimum atomic E-state index is -1.90. The van der Waals surface area contributed by atoms with Gasteiger partial charge in [-0.25, -0.2) is 0 Å². The lowest BCUT2D eigenvalue weighted by molar-refractivity contribution is 0.590. The largest absolute Gasteiger partial charge is 0.312 e. The van der Waals surface area contributed by atoms with E-state index in [2.05, 4.69) is 219 Å². The van der Waals surface area contributed by atoms with Gasteiger partial charge in [0.15, 0.2) is 0 Å². The third-order valence-electron chi connectivity index (χ3n) is 12.7. The van der Waals surface area contributed by atoms with Crippen molar-refractivity contribution in [3.63, 3.8) is 0 Å². The van der Waals surface area contributed by atoms with E-state index in [1.165, 1.54) is 99.1 Å². The number of aryl methyl sites for hydroxylation is 1. The summed E-state index contributed by atoms with van der Waals surface area (Å²) in [5, 5.41) is 8.44. The van der Waals surface area contributed by atoms with Crippen LogP contribution in [-0.4, -0.2) is 22.9 Å². The molecule has 0 bridgehead atoms. The normalized spacial score (nSPS) is 14.2. The zero-order valence-corrected chi connectivity index (χ0v) is 39.0. The Morgan fingerprint density at radius 2 is 0.810 bits per heavy atom. The molecule has 2 heterocycles. The van der Waals surface area contributed by atoms with Crippen LogP contribution in [0.3, 0.4) is 0 Å². The SMILES string of the molecule is Cc1cc2c3c(c1)N(c1ccc4ccccc4c1[Si](C)(C)C)c1ccc(C(C)(C)C)cc1B3c1cc(C(C)(C)C)ccc1N2c1ccc2ccccc2c1[Si](C)(C)C. The molecule has 0 aromatic heterocycles. The fourth-order valence-corrected chi connectivity index (χ4v) is 14.1.